The molecule has 7 nitrogen and oxygen atoms in total. The third kappa shape index (κ3) is 5.84. The highest BCUT2D eigenvalue weighted by Gasteiger charge is 2.29. The molecule has 31 heavy (non-hydrogen) atoms. The molecule has 168 valence electrons. The molecule has 1 aliphatic rings. The van der Waals surface area contributed by atoms with Gasteiger partial charge in [0, 0.05) is 31.9 Å². The molecule has 3 rings (SSSR count). The van der Waals surface area contributed by atoms with E-state index in [-0.39, 0.29) is 17.3 Å². The maximum absolute atomic E-state index is 12.8. The van der Waals surface area contributed by atoms with Crippen molar-refractivity contribution in [3.63, 3.8) is 0 Å². The molecule has 1 fully saturated rings. The summed E-state index contributed by atoms with van der Waals surface area (Å²) in [7, 11) is -2.01. The van der Waals surface area contributed by atoms with Crippen LogP contribution in [0, 0.1) is 0 Å². The first-order chi connectivity index (χ1) is 14.8. The van der Waals surface area contributed by atoms with Crippen molar-refractivity contribution in [2.45, 2.75) is 31.1 Å². The van der Waals surface area contributed by atoms with Crippen LogP contribution in [0.4, 0.5) is 5.69 Å². The monoisotopic (exact) mass is 445 g/mol. The van der Waals surface area contributed by atoms with Crippen LogP contribution in [-0.2, 0) is 14.8 Å². The standard InChI is InChI=1S/C23H31N3O4S/c1-4-18(2)19-5-7-20(8-6-19)24-23(27)17-25-13-15-26(16-14-25)31(28,29)22-11-9-21(30-3)10-12-22/h5-12,18H,4,13-17H2,1-3H3,(H,24,27)/t18-/m0/s1. The van der Waals surface area contributed by atoms with Gasteiger partial charge in [-0.25, -0.2) is 8.42 Å². The molecule has 0 saturated carbocycles. The van der Waals surface area contributed by atoms with E-state index >= 15 is 0 Å². The zero-order valence-corrected chi connectivity index (χ0v) is 19.2. The summed E-state index contributed by atoms with van der Waals surface area (Å²) in [4.78, 5) is 14.6. The van der Waals surface area contributed by atoms with Crippen molar-refractivity contribution in [1.29, 1.82) is 0 Å². The van der Waals surface area contributed by atoms with E-state index in [2.05, 4.69) is 19.2 Å². The molecule has 0 aliphatic carbocycles. The maximum Gasteiger partial charge on any atom is 0.243 e. The molecule has 1 atom stereocenters. The normalized spacial score (nSPS) is 16.6. The SMILES string of the molecule is CC[C@H](C)c1ccc(NC(=O)CN2CCN(S(=O)(=O)c3ccc(OC)cc3)CC2)cc1. The summed E-state index contributed by atoms with van der Waals surface area (Å²) >= 11 is 0. The molecule has 1 heterocycles. The van der Waals surface area contributed by atoms with Crippen LogP contribution >= 0.6 is 0 Å². The summed E-state index contributed by atoms with van der Waals surface area (Å²) in [6.07, 6.45) is 1.08. The van der Waals surface area contributed by atoms with Gasteiger partial charge in [-0.3, -0.25) is 9.69 Å². The van der Waals surface area contributed by atoms with E-state index in [0.29, 0.717) is 37.8 Å². The number of piperazine rings is 1. The number of carbonyl (C=O) groups is 1. The molecule has 1 saturated heterocycles. The van der Waals surface area contributed by atoms with Gasteiger partial charge in [-0.15, -0.1) is 0 Å². The number of benzene rings is 2. The molecule has 0 spiro atoms. The number of rotatable bonds is 8. The smallest absolute Gasteiger partial charge is 0.243 e. The molecule has 1 amide bonds. The number of anilines is 1. The number of hydrogen-bond donors (Lipinski definition) is 1. The summed E-state index contributed by atoms with van der Waals surface area (Å²) < 4.78 is 32.2. The fourth-order valence-corrected chi connectivity index (χ4v) is 4.98. The fraction of sp³-hybridized carbons (Fsp3) is 0.435. The molecule has 0 aromatic heterocycles. The van der Waals surface area contributed by atoms with Gasteiger partial charge >= 0.3 is 0 Å². The lowest BCUT2D eigenvalue weighted by atomic mass is 9.99. The van der Waals surface area contributed by atoms with E-state index in [0.717, 1.165) is 12.1 Å². The Labute approximate surface area is 185 Å². The number of nitrogens with one attached hydrogen (secondary N) is 1. The predicted molar refractivity (Wildman–Crippen MR) is 122 cm³/mol. The highest BCUT2D eigenvalue weighted by Crippen LogP contribution is 2.22. The van der Waals surface area contributed by atoms with Gasteiger partial charge < -0.3 is 10.1 Å². The van der Waals surface area contributed by atoms with Crippen molar-refractivity contribution in [3.05, 3.63) is 54.1 Å². The van der Waals surface area contributed by atoms with Crippen molar-refractivity contribution in [1.82, 2.24) is 9.21 Å². The minimum Gasteiger partial charge on any atom is -0.497 e. The van der Waals surface area contributed by atoms with Gasteiger partial charge in [0.2, 0.25) is 15.9 Å². The van der Waals surface area contributed by atoms with Crippen LogP contribution < -0.4 is 10.1 Å². The zero-order chi connectivity index (χ0) is 22.4. The van der Waals surface area contributed by atoms with Gasteiger partial charge in [-0.1, -0.05) is 26.0 Å². The largest absolute Gasteiger partial charge is 0.497 e. The second-order valence-electron chi connectivity index (χ2n) is 7.84. The lowest BCUT2D eigenvalue weighted by Crippen LogP contribution is -2.50. The number of ether oxygens (including phenoxy) is 1. The van der Waals surface area contributed by atoms with Crippen LogP contribution in [0.1, 0.15) is 31.7 Å². The summed E-state index contributed by atoms with van der Waals surface area (Å²) in [5.74, 6) is 1.02. The molecular formula is C23H31N3O4S. The van der Waals surface area contributed by atoms with Crippen LogP contribution in [0.2, 0.25) is 0 Å². The molecule has 0 bridgehead atoms. The lowest BCUT2D eigenvalue weighted by Gasteiger charge is -2.33. The molecular weight excluding hydrogens is 414 g/mol. The van der Waals surface area contributed by atoms with Crippen LogP contribution in [0.25, 0.3) is 0 Å². The molecule has 2 aromatic rings. The molecule has 2 aromatic carbocycles. The lowest BCUT2D eigenvalue weighted by molar-refractivity contribution is -0.117. The van der Waals surface area contributed by atoms with E-state index in [1.165, 1.54) is 9.87 Å². The van der Waals surface area contributed by atoms with Gasteiger partial charge in [-0.05, 0) is 54.3 Å². The van der Waals surface area contributed by atoms with Crippen molar-refractivity contribution < 1.29 is 17.9 Å². The number of sulfonamides is 1. The highest BCUT2D eigenvalue weighted by atomic mass is 32.2. The Bertz CT molecular complexity index is 967. The topological polar surface area (TPSA) is 79.0 Å². The summed E-state index contributed by atoms with van der Waals surface area (Å²) in [5, 5.41) is 2.93. The van der Waals surface area contributed by atoms with E-state index < -0.39 is 10.0 Å². The Morgan fingerprint density at radius 3 is 2.19 bits per heavy atom. The Kier molecular flexibility index (Phi) is 7.69. The average Bonchev–Trinajstić information content (AvgIpc) is 2.79. The molecule has 8 heteroatoms. The van der Waals surface area contributed by atoms with Crippen LogP contribution in [0.15, 0.2) is 53.4 Å². The quantitative estimate of drug-likeness (QED) is 0.675. The van der Waals surface area contributed by atoms with E-state index in [1.54, 1.807) is 31.4 Å². The summed E-state index contributed by atoms with van der Waals surface area (Å²) in [6.45, 7) is 6.30. The third-order valence-corrected chi connectivity index (χ3v) is 7.68. The van der Waals surface area contributed by atoms with Crippen LogP contribution in [0.5, 0.6) is 5.75 Å². The Morgan fingerprint density at radius 2 is 1.65 bits per heavy atom. The second-order valence-corrected chi connectivity index (χ2v) is 9.77. The number of nitrogens with zero attached hydrogens (tertiary/aromatic N) is 2. The number of hydrogen-bond acceptors (Lipinski definition) is 5. The average molecular weight is 446 g/mol. The van der Waals surface area contributed by atoms with Gasteiger partial charge in [0.1, 0.15) is 5.75 Å². The first-order valence-corrected chi connectivity index (χ1v) is 12.0. The van der Waals surface area contributed by atoms with Crippen LogP contribution in [-0.4, -0.2) is 63.4 Å². The number of carbonyl (C=O) groups excluding carboxylic acids is 1. The molecule has 1 N–H and O–H groups in total. The minimum atomic E-state index is -3.55. The Balaban J connectivity index is 1.50. The molecule has 1 aliphatic heterocycles. The predicted octanol–water partition coefficient (Wildman–Crippen LogP) is 3.15. The van der Waals surface area contributed by atoms with Crippen molar-refractivity contribution in [3.8, 4) is 5.75 Å². The third-order valence-electron chi connectivity index (χ3n) is 5.77. The first kappa shape index (κ1) is 23.2. The maximum atomic E-state index is 12.8. The minimum absolute atomic E-state index is 0.0947. The number of amides is 1. The first-order valence-electron chi connectivity index (χ1n) is 10.6. The van der Waals surface area contributed by atoms with E-state index in [9.17, 15) is 13.2 Å². The highest BCUT2D eigenvalue weighted by molar-refractivity contribution is 7.89. The van der Waals surface area contributed by atoms with Gasteiger partial charge in [0.15, 0.2) is 0 Å². The second kappa shape index (κ2) is 10.3. The summed E-state index contributed by atoms with van der Waals surface area (Å²) in [5.41, 5.74) is 2.03. The Morgan fingerprint density at radius 1 is 1.03 bits per heavy atom. The van der Waals surface area contributed by atoms with Gasteiger partial charge in [0.25, 0.3) is 0 Å². The van der Waals surface area contributed by atoms with E-state index in [4.69, 9.17) is 4.74 Å². The van der Waals surface area contributed by atoms with Crippen molar-refractivity contribution in [2.24, 2.45) is 0 Å². The van der Waals surface area contributed by atoms with Gasteiger partial charge in [0.05, 0.1) is 18.6 Å². The summed E-state index contributed by atoms with van der Waals surface area (Å²) in [6, 6.07) is 14.4. The van der Waals surface area contributed by atoms with E-state index in [1.807, 2.05) is 29.2 Å². The fourth-order valence-electron chi connectivity index (χ4n) is 3.56. The van der Waals surface area contributed by atoms with Crippen molar-refractivity contribution in [2.75, 3.05) is 45.2 Å². The van der Waals surface area contributed by atoms with Gasteiger partial charge in [-0.2, -0.15) is 4.31 Å². The zero-order valence-electron chi connectivity index (χ0n) is 18.4. The van der Waals surface area contributed by atoms with Crippen molar-refractivity contribution >= 4 is 21.6 Å². The molecule has 0 radical (unpaired) electrons. The molecule has 0 unspecified atom stereocenters. The van der Waals surface area contributed by atoms with Crippen LogP contribution in [0.3, 0.4) is 0 Å². The number of methoxy groups -OCH3 is 1. The Hall–Kier alpha value is -2.42.